The van der Waals surface area contributed by atoms with Crippen LogP contribution in [0.2, 0.25) is 5.02 Å². The summed E-state index contributed by atoms with van der Waals surface area (Å²) < 4.78 is 15.9. The topological polar surface area (TPSA) is 115 Å². The molecule has 29 heavy (non-hydrogen) atoms. The molecule has 8 nitrogen and oxygen atoms in total. The highest BCUT2D eigenvalue weighted by Gasteiger charge is 2.18. The molecule has 2 aromatic carbocycles. The first-order chi connectivity index (χ1) is 13.9. The Morgan fingerprint density at radius 3 is 2.59 bits per heavy atom. The lowest BCUT2D eigenvalue weighted by molar-refractivity contribution is -0.131. The van der Waals surface area contributed by atoms with Crippen LogP contribution in [0.5, 0.6) is 17.2 Å². The molecule has 2 N–H and O–H groups in total. The summed E-state index contributed by atoms with van der Waals surface area (Å²) in [5.41, 5.74) is 1.00. The minimum absolute atomic E-state index is 0.0291. The lowest BCUT2D eigenvalue weighted by Gasteiger charge is -2.05. The number of hydrogen-bond acceptors (Lipinski definition) is 8. The summed E-state index contributed by atoms with van der Waals surface area (Å²) >= 11 is 6.80. The van der Waals surface area contributed by atoms with Gasteiger partial charge < -0.3 is 24.1 Å². The van der Waals surface area contributed by atoms with Gasteiger partial charge in [0, 0.05) is 5.02 Å². The molecule has 0 fully saturated rings. The third-order valence-electron chi connectivity index (χ3n) is 3.71. The van der Waals surface area contributed by atoms with Crippen molar-refractivity contribution < 1.29 is 28.9 Å². The van der Waals surface area contributed by atoms with Crippen LogP contribution >= 0.6 is 23.4 Å². The van der Waals surface area contributed by atoms with Gasteiger partial charge in [0.05, 0.1) is 19.8 Å². The number of phenols is 1. The van der Waals surface area contributed by atoms with Gasteiger partial charge >= 0.3 is 5.97 Å². The fraction of sp³-hybridized carbons (Fsp3) is 0.105. The molecule has 0 unspecified atom stereocenters. The predicted octanol–water partition coefficient (Wildman–Crippen LogP) is 4.33. The lowest BCUT2D eigenvalue weighted by Crippen LogP contribution is -1.97. The molecule has 0 saturated heterocycles. The van der Waals surface area contributed by atoms with Crippen LogP contribution in [0.15, 0.2) is 50.9 Å². The Labute approximate surface area is 174 Å². The van der Waals surface area contributed by atoms with Crippen LogP contribution in [0.1, 0.15) is 5.56 Å². The molecule has 0 amide bonds. The number of phenolic OH excluding ortho intramolecular Hbond substituents is 1. The Balaban J connectivity index is 1.90. The Bertz CT molecular complexity index is 1080. The molecule has 1 heterocycles. The zero-order valence-corrected chi connectivity index (χ0v) is 16.8. The van der Waals surface area contributed by atoms with E-state index >= 15 is 0 Å². The van der Waals surface area contributed by atoms with Gasteiger partial charge in [-0.15, -0.1) is 10.2 Å². The van der Waals surface area contributed by atoms with Crippen LogP contribution in [-0.2, 0) is 4.79 Å². The van der Waals surface area contributed by atoms with Crippen molar-refractivity contribution in [3.8, 4) is 28.7 Å². The maximum absolute atomic E-state index is 11.7. The quantitative estimate of drug-likeness (QED) is 0.414. The number of hydrogen-bond donors (Lipinski definition) is 2. The number of nitrogens with zero attached hydrogens (tertiary/aromatic N) is 2. The maximum Gasteiger partial charge on any atom is 0.342 e. The van der Waals surface area contributed by atoms with Gasteiger partial charge in [-0.3, -0.25) is 0 Å². The van der Waals surface area contributed by atoms with Gasteiger partial charge in [-0.1, -0.05) is 17.7 Å². The van der Waals surface area contributed by atoms with Crippen LogP contribution in [0, 0.1) is 0 Å². The molecular weight excluding hydrogens is 420 g/mol. The smallest absolute Gasteiger partial charge is 0.342 e. The van der Waals surface area contributed by atoms with E-state index in [2.05, 4.69) is 10.2 Å². The molecule has 0 aliphatic heterocycles. The van der Waals surface area contributed by atoms with Crippen molar-refractivity contribution in [2.45, 2.75) is 5.22 Å². The zero-order chi connectivity index (χ0) is 21.0. The summed E-state index contributed by atoms with van der Waals surface area (Å²) in [5, 5.41) is 27.5. The van der Waals surface area contributed by atoms with Crippen LogP contribution in [-0.4, -0.2) is 40.6 Å². The van der Waals surface area contributed by atoms with Gasteiger partial charge in [0.25, 0.3) is 11.1 Å². The van der Waals surface area contributed by atoms with E-state index < -0.39 is 5.97 Å². The van der Waals surface area contributed by atoms with Crippen molar-refractivity contribution in [3.63, 3.8) is 0 Å². The van der Waals surface area contributed by atoms with Gasteiger partial charge in [-0.05, 0) is 53.7 Å². The number of benzene rings is 2. The van der Waals surface area contributed by atoms with Gasteiger partial charge in [-0.2, -0.15) is 0 Å². The number of carboxylic acids is 1. The Morgan fingerprint density at radius 2 is 1.90 bits per heavy atom. The summed E-state index contributed by atoms with van der Waals surface area (Å²) in [7, 11) is 2.90. The zero-order valence-electron chi connectivity index (χ0n) is 15.2. The van der Waals surface area contributed by atoms with Crippen LogP contribution in [0.4, 0.5) is 0 Å². The minimum Gasteiger partial charge on any atom is -0.504 e. The lowest BCUT2D eigenvalue weighted by atomic mass is 10.2. The van der Waals surface area contributed by atoms with E-state index in [0.717, 1.165) is 11.8 Å². The SMILES string of the molecule is COc1cc(/C=C(\Sc2nnc(-c3cc(Cl)ccc3OC)o2)C(=O)O)ccc1O. The second-order valence-electron chi connectivity index (χ2n) is 5.56. The summed E-state index contributed by atoms with van der Waals surface area (Å²) in [4.78, 5) is 11.6. The molecule has 0 atom stereocenters. The van der Waals surface area contributed by atoms with Gasteiger partial charge in [-0.25, -0.2) is 4.79 Å². The molecule has 3 rings (SSSR count). The molecule has 0 aliphatic rings. The summed E-state index contributed by atoms with van der Waals surface area (Å²) in [6, 6.07) is 9.40. The number of methoxy groups -OCH3 is 2. The number of thioether (sulfide) groups is 1. The Morgan fingerprint density at radius 1 is 1.14 bits per heavy atom. The highest BCUT2D eigenvalue weighted by molar-refractivity contribution is 8.03. The standard InChI is InChI=1S/C19H15ClN2O6S/c1-26-14-6-4-11(20)9-12(14)17-21-22-19(28-17)29-16(18(24)25)8-10-3-5-13(23)15(7-10)27-2/h3-9,23H,1-2H3,(H,24,25)/b16-8-. The van der Waals surface area contributed by atoms with Crippen molar-refractivity contribution >= 4 is 35.4 Å². The largest absolute Gasteiger partial charge is 0.504 e. The second-order valence-corrected chi connectivity index (χ2v) is 6.99. The number of ether oxygens (including phenoxy) is 2. The monoisotopic (exact) mass is 434 g/mol. The van der Waals surface area contributed by atoms with Gasteiger partial charge in [0.1, 0.15) is 10.7 Å². The number of aromatic hydroxyl groups is 1. The highest BCUT2D eigenvalue weighted by atomic mass is 35.5. The first-order valence-corrected chi connectivity index (χ1v) is 9.28. The number of halogens is 1. The maximum atomic E-state index is 11.7. The van der Waals surface area contributed by atoms with Crippen molar-refractivity contribution in [1.82, 2.24) is 10.2 Å². The second kappa shape index (κ2) is 8.89. The van der Waals surface area contributed by atoms with E-state index in [1.54, 1.807) is 24.3 Å². The predicted molar refractivity (Wildman–Crippen MR) is 107 cm³/mol. The first kappa shape index (κ1) is 20.6. The van der Waals surface area contributed by atoms with Crippen LogP contribution < -0.4 is 9.47 Å². The third kappa shape index (κ3) is 4.82. The third-order valence-corrected chi connectivity index (χ3v) is 4.80. The van der Waals surface area contributed by atoms with Gasteiger partial charge in [0.2, 0.25) is 0 Å². The molecule has 0 spiro atoms. The van der Waals surface area contributed by atoms with E-state index in [-0.39, 0.29) is 27.5 Å². The minimum atomic E-state index is -1.18. The number of rotatable bonds is 7. The summed E-state index contributed by atoms with van der Waals surface area (Å²) in [6.07, 6.45) is 1.40. The van der Waals surface area contributed by atoms with Crippen molar-refractivity contribution in [1.29, 1.82) is 0 Å². The van der Waals surface area contributed by atoms with E-state index in [0.29, 0.717) is 21.9 Å². The average molecular weight is 435 g/mol. The van der Waals surface area contributed by atoms with E-state index in [1.165, 1.54) is 32.4 Å². The fourth-order valence-electron chi connectivity index (χ4n) is 2.37. The summed E-state index contributed by atoms with van der Waals surface area (Å²) in [6.45, 7) is 0. The molecule has 0 saturated carbocycles. The first-order valence-electron chi connectivity index (χ1n) is 8.08. The molecule has 1 aromatic heterocycles. The number of aromatic nitrogens is 2. The number of carboxylic acid groups (broad SMARTS) is 1. The van der Waals surface area contributed by atoms with Gasteiger partial charge in [0.15, 0.2) is 11.5 Å². The van der Waals surface area contributed by atoms with Crippen molar-refractivity contribution in [2.24, 2.45) is 0 Å². The highest BCUT2D eigenvalue weighted by Crippen LogP contribution is 2.35. The van der Waals surface area contributed by atoms with Crippen LogP contribution in [0.3, 0.4) is 0 Å². The number of carbonyl (C=O) groups is 1. The molecular formula is C19H15ClN2O6S. The molecule has 3 aromatic rings. The van der Waals surface area contributed by atoms with E-state index in [1.807, 2.05) is 0 Å². The van der Waals surface area contributed by atoms with Crippen LogP contribution in [0.25, 0.3) is 17.5 Å². The van der Waals surface area contributed by atoms with Crippen molar-refractivity contribution in [2.75, 3.05) is 14.2 Å². The summed E-state index contributed by atoms with van der Waals surface area (Å²) in [5.74, 6) is -0.377. The number of aliphatic carboxylic acids is 1. The van der Waals surface area contributed by atoms with E-state index in [9.17, 15) is 15.0 Å². The van der Waals surface area contributed by atoms with E-state index in [4.69, 9.17) is 25.5 Å². The average Bonchev–Trinajstić information content (AvgIpc) is 3.17. The molecule has 10 heteroatoms. The van der Waals surface area contributed by atoms with Crippen molar-refractivity contribution in [3.05, 3.63) is 51.9 Å². The molecule has 0 radical (unpaired) electrons. The molecule has 150 valence electrons. The fourth-order valence-corrected chi connectivity index (χ4v) is 3.22. The Hall–Kier alpha value is -3.17. The Kier molecular flexibility index (Phi) is 6.30. The normalized spacial score (nSPS) is 11.3. The molecule has 0 aliphatic carbocycles. The molecule has 0 bridgehead atoms.